The Balaban J connectivity index is 1.84. The van der Waals surface area contributed by atoms with Gasteiger partial charge in [0.05, 0.1) is 0 Å². The molecule has 3 heteroatoms. The van der Waals surface area contributed by atoms with Gasteiger partial charge in [0, 0.05) is 29.9 Å². The summed E-state index contributed by atoms with van der Waals surface area (Å²) >= 11 is 0. The van der Waals surface area contributed by atoms with E-state index < -0.39 is 0 Å². The monoisotopic (exact) mass is 252 g/mol. The molecule has 2 N–H and O–H groups in total. The number of anilines is 1. The zero-order valence-corrected chi connectivity index (χ0v) is 10.9. The number of rotatable bonds is 2. The number of carbonyl (C=O) groups excluding carboxylic acids is 1. The third-order valence-corrected chi connectivity index (χ3v) is 3.57. The maximum Gasteiger partial charge on any atom is 0.254 e. The van der Waals surface area contributed by atoms with Crippen molar-refractivity contribution in [3.63, 3.8) is 0 Å². The Morgan fingerprint density at radius 2 is 1.89 bits per heavy atom. The first-order chi connectivity index (χ1) is 9.15. The summed E-state index contributed by atoms with van der Waals surface area (Å²) in [4.78, 5) is 14.1. The number of nitrogen functional groups attached to an aromatic ring is 1. The Morgan fingerprint density at radius 1 is 1.16 bits per heavy atom. The number of benzene rings is 2. The predicted molar refractivity (Wildman–Crippen MR) is 75.6 cm³/mol. The number of aryl methyl sites for hydroxylation is 1. The summed E-state index contributed by atoms with van der Waals surface area (Å²) in [6.07, 6.45) is 0. The van der Waals surface area contributed by atoms with Crippen molar-refractivity contribution in [2.24, 2.45) is 0 Å². The van der Waals surface area contributed by atoms with Crippen LogP contribution in [0, 0.1) is 6.92 Å². The van der Waals surface area contributed by atoms with Gasteiger partial charge in [0.2, 0.25) is 0 Å². The number of fused-ring (bicyclic) bond motifs is 1. The fourth-order valence-electron chi connectivity index (χ4n) is 2.46. The third-order valence-electron chi connectivity index (χ3n) is 3.57. The fraction of sp³-hybridized carbons (Fsp3) is 0.188. The first kappa shape index (κ1) is 11.8. The van der Waals surface area contributed by atoms with E-state index in [2.05, 4.69) is 31.2 Å². The molecule has 0 saturated heterocycles. The molecule has 1 amide bonds. The SMILES string of the molecule is Cc1ccc(CN2Cc3c(N)cccc3C2=O)cc1. The zero-order valence-electron chi connectivity index (χ0n) is 10.9. The van der Waals surface area contributed by atoms with Crippen LogP contribution in [0.5, 0.6) is 0 Å². The van der Waals surface area contributed by atoms with Gasteiger partial charge in [-0.05, 0) is 24.6 Å². The predicted octanol–water partition coefficient (Wildman–Crippen LogP) is 2.73. The molecule has 2 aromatic carbocycles. The van der Waals surface area contributed by atoms with Gasteiger partial charge >= 0.3 is 0 Å². The Bertz CT molecular complexity index is 632. The summed E-state index contributed by atoms with van der Waals surface area (Å²) in [5, 5.41) is 0. The molecule has 3 rings (SSSR count). The molecule has 0 fully saturated rings. The topological polar surface area (TPSA) is 46.3 Å². The highest BCUT2D eigenvalue weighted by Crippen LogP contribution is 2.28. The molecule has 0 spiro atoms. The lowest BCUT2D eigenvalue weighted by Gasteiger charge is -2.15. The largest absolute Gasteiger partial charge is 0.398 e. The third kappa shape index (κ3) is 2.08. The molecule has 19 heavy (non-hydrogen) atoms. The number of nitrogens with zero attached hydrogens (tertiary/aromatic N) is 1. The van der Waals surface area contributed by atoms with Crippen LogP contribution >= 0.6 is 0 Å². The quantitative estimate of drug-likeness (QED) is 0.835. The van der Waals surface area contributed by atoms with E-state index in [1.807, 2.05) is 23.1 Å². The van der Waals surface area contributed by atoms with Crippen LogP contribution in [0.1, 0.15) is 27.0 Å². The maximum atomic E-state index is 12.3. The van der Waals surface area contributed by atoms with Crippen LogP contribution in [0.15, 0.2) is 42.5 Å². The van der Waals surface area contributed by atoms with Gasteiger partial charge in [0.25, 0.3) is 5.91 Å². The molecule has 0 aliphatic carbocycles. The minimum absolute atomic E-state index is 0.0721. The maximum absolute atomic E-state index is 12.3. The summed E-state index contributed by atoms with van der Waals surface area (Å²) in [5.41, 5.74) is 10.7. The average molecular weight is 252 g/mol. The normalized spacial score (nSPS) is 13.7. The number of carbonyl (C=O) groups is 1. The van der Waals surface area contributed by atoms with E-state index in [0.29, 0.717) is 18.8 Å². The summed E-state index contributed by atoms with van der Waals surface area (Å²) < 4.78 is 0. The molecule has 2 aromatic rings. The lowest BCUT2D eigenvalue weighted by Crippen LogP contribution is -2.23. The van der Waals surface area contributed by atoms with Crippen molar-refractivity contribution in [3.8, 4) is 0 Å². The number of nitrogens with two attached hydrogens (primary N) is 1. The zero-order chi connectivity index (χ0) is 13.4. The molecule has 0 unspecified atom stereocenters. The molecule has 3 nitrogen and oxygen atoms in total. The molecular weight excluding hydrogens is 236 g/mol. The van der Waals surface area contributed by atoms with Crippen molar-refractivity contribution in [3.05, 3.63) is 64.7 Å². The van der Waals surface area contributed by atoms with E-state index >= 15 is 0 Å². The van der Waals surface area contributed by atoms with Gasteiger partial charge in [0.15, 0.2) is 0 Å². The van der Waals surface area contributed by atoms with Crippen LogP contribution in [0.2, 0.25) is 0 Å². The lowest BCUT2D eigenvalue weighted by molar-refractivity contribution is 0.0767. The molecule has 1 aliphatic rings. The van der Waals surface area contributed by atoms with Crippen molar-refractivity contribution in [1.82, 2.24) is 4.90 Å². The van der Waals surface area contributed by atoms with Crippen LogP contribution in [-0.4, -0.2) is 10.8 Å². The summed E-state index contributed by atoms with van der Waals surface area (Å²) in [5.74, 6) is 0.0721. The highest BCUT2D eigenvalue weighted by Gasteiger charge is 2.28. The van der Waals surface area contributed by atoms with Gasteiger partial charge < -0.3 is 10.6 Å². The minimum Gasteiger partial charge on any atom is -0.398 e. The first-order valence-corrected chi connectivity index (χ1v) is 6.37. The molecule has 0 radical (unpaired) electrons. The second kappa shape index (κ2) is 4.43. The van der Waals surface area contributed by atoms with E-state index in [1.54, 1.807) is 0 Å². The lowest BCUT2D eigenvalue weighted by atomic mass is 10.1. The second-order valence-corrected chi connectivity index (χ2v) is 5.02. The smallest absolute Gasteiger partial charge is 0.254 e. The van der Waals surface area contributed by atoms with E-state index in [0.717, 1.165) is 16.7 Å². The molecular formula is C16H16N2O. The van der Waals surface area contributed by atoms with Crippen LogP contribution in [0.4, 0.5) is 5.69 Å². The van der Waals surface area contributed by atoms with Gasteiger partial charge in [-0.2, -0.15) is 0 Å². The minimum atomic E-state index is 0.0721. The number of hydrogen-bond acceptors (Lipinski definition) is 2. The Morgan fingerprint density at radius 3 is 2.58 bits per heavy atom. The Hall–Kier alpha value is -2.29. The van der Waals surface area contributed by atoms with Crippen molar-refractivity contribution < 1.29 is 4.79 Å². The summed E-state index contributed by atoms with van der Waals surface area (Å²) in [6.45, 7) is 3.29. The van der Waals surface area contributed by atoms with Gasteiger partial charge in [-0.3, -0.25) is 4.79 Å². The van der Waals surface area contributed by atoms with Gasteiger partial charge in [-0.15, -0.1) is 0 Å². The van der Waals surface area contributed by atoms with Crippen molar-refractivity contribution in [2.45, 2.75) is 20.0 Å². The van der Waals surface area contributed by atoms with E-state index in [-0.39, 0.29) is 5.91 Å². The summed E-state index contributed by atoms with van der Waals surface area (Å²) in [6, 6.07) is 13.8. The number of hydrogen-bond donors (Lipinski definition) is 1. The van der Waals surface area contributed by atoms with Crippen LogP contribution in [0.3, 0.4) is 0 Å². The van der Waals surface area contributed by atoms with E-state index in [4.69, 9.17) is 5.73 Å². The summed E-state index contributed by atoms with van der Waals surface area (Å²) in [7, 11) is 0. The van der Waals surface area contributed by atoms with E-state index in [1.165, 1.54) is 5.56 Å². The van der Waals surface area contributed by atoms with Crippen molar-refractivity contribution in [2.75, 3.05) is 5.73 Å². The Kier molecular flexibility index (Phi) is 2.75. The van der Waals surface area contributed by atoms with Crippen LogP contribution in [0.25, 0.3) is 0 Å². The van der Waals surface area contributed by atoms with Crippen LogP contribution in [-0.2, 0) is 13.1 Å². The van der Waals surface area contributed by atoms with Gasteiger partial charge in [-0.25, -0.2) is 0 Å². The molecule has 0 atom stereocenters. The average Bonchev–Trinajstić information content (AvgIpc) is 2.72. The van der Waals surface area contributed by atoms with Gasteiger partial charge in [0.1, 0.15) is 0 Å². The molecule has 96 valence electrons. The molecule has 0 aromatic heterocycles. The highest BCUT2D eigenvalue weighted by atomic mass is 16.2. The van der Waals surface area contributed by atoms with E-state index in [9.17, 15) is 4.79 Å². The molecule has 1 aliphatic heterocycles. The van der Waals surface area contributed by atoms with Gasteiger partial charge in [-0.1, -0.05) is 35.9 Å². The number of amides is 1. The second-order valence-electron chi connectivity index (χ2n) is 5.02. The van der Waals surface area contributed by atoms with Crippen LogP contribution < -0.4 is 5.73 Å². The molecule has 1 heterocycles. The Labute approximate surface area is 112 Å². The highest BCUT2D eigenvalue weighted by molar-refractivity contribution is 5.99. The van der Waals surface area contributed by atoms with Crippen molar-refractivity contribution in [1.29, 1.82) is 0 Å². The molecule has 0 bridgehead atoms. The van der Waals surface area contributed by atoms with Crippen molar-refractivity contribution >= 4 is 11.6 Å². The first-order valence-electron chi connectivity index (χ1n) is 6.37. The molecule has 0 saturated carbocycles. The fourth-order valence-corrected chi connectivity index (χ4v) is 2.46. The standard InChI is InChI=1S/C16H16N2O/c1-11-5-7-12(8-6-11)9-18-10-14-13(16(18)19)3-2-4-15(14)17/h2-8H,9-10,17H2,1H3.